The second kappa shape index (κ2) is 7.25. The van der Waals surface area contributed by atoms with E-state index >= 15 is 0 Å². The Morgan fingerprint density at radius 1 is 0.909 bits per heavy atom. The van der Waals surface area contributed by atoms with Crippen molar-refractivity contribution in [2.75, 3.05) is 45.8 Å². The van der Waals surface area contributed by atoms with Crippen molar-refractivity contribution in [1.29, 1.82) is 0 Å². The lowest BCUT2D eigenvalue weighted by Gasteiger charge is -2.34. The highest BCUT2D eigenvalue weighted by molar-refractivity contribution is 5.94. The first-order valence-corrected chi connectivity index (χ1v) is 8.59. The monoisotopic (exact) mass is 301 g/mol. The molecule has 0 saturated carbocycles. The molecule has 0 radical (unpaired) electrons. The number of hydrogen-bond donors (Lipinski definition) is 0. The first-order valence-electron chi connectivity index (χ1n) is 8.59. The van der Waals surface area contributed by atoms with E-state index in [1.54, 1.807) is 0 Å². The van der Waals surface area contributed by atoms with Crippen LogP contribution in [0.1, 0.15) is 35.7 Å². The molecule has 0 spiro atoms. The lowest BCUT2D eigenvalue weighted by molar-refractivity contribution is 0.0643. The minimum absolute atomic E-state index is 0.184. The summed E-state index contributed by atoms with van der Waals surface area (Å²) in [5.74, 6) is 0.184. The first-order chi connectivity index (χ1) is 10.8. The van der Waals surface area contributed by atoms with Crippen LogP contribution in [0.2, 0.25) is 0 Å². The van der Waals surface area contributed by atoms with Gasteiger partial charge in [0.25, 0.3) is 5.91 Å². The molecule has 2 fully saturated rings. The molecule has 0 aromatic heterocycles. The molecule has 2 aliphatic heterocycles. The van der Waals surface area contributed by atoms with Crippen LogP contribution in [0.5, 0.6) is 0 Å². The Morgan fingerprint density at radius 3 is 2.14 bits per heavy atom. The molecular weight excluding hydrogens is 274 g/mol. The lowest BCUT2D eigenvalue weighted by atomic mass is 10.1. The Balaban J connectivity index is 1.56. The van der Waals surface area contributed by atoms with Gasteiger partial charge in [0.05, 0.1) is 0 Å². The van der Waals surface area contributed by atoms with Crippen LogP contribution in [0.15, 0.2) is 24.3 Å². The number of carbonyl (C=O) groups excluding carboxylic acids is 1. The van der Waals surface area contributed by atoms with Crippen molar-refractivity contribution in [2.24, 2.45) is 0 Å². The zero-order valence-corrected chi connectivity index (χ0v) is 13.6. The summed E-state index contributed by atoms with van der Waals surface area (Å²) in [4.78, 5) is 19.4. The van der Waals surface area contributed by atoms with Crippen molar-refractivity contribution in [1.82, 2.24) is 14.7 Å². The molecule has 22 heavy (non-hydrogen) atoms. The van der Waals surface area contributed by atoms with E-state index < -0.39 is 0 Å². The van der Waals surface area contributed by atoms with E-state index in [0.717, 1.165) is 44.8 Å². The fourth-order valence-corrected chi connectivity index (χ4v) is 3.40. The van der Waals surface area contributed by atoms with Gasteiger partial charge in [0.15, 0.2) is 0 Å². The quantitative estimate of drug-likeness (QED) is 0.852. The Labute approximate surface area is 133 Å². The topological polar surface area (TPSA) is 26.8 Å². The lowest BCUT2D eigenvalue weighted by Crippen LogP contribution is -2.48. The molecule has 0 aliphatic carbocycles. The Kier molecular flexibility index (Phi) is 5.11. The molecule has 0 bridgehead atoms. The van der Waals surface area contributed by atoms with Crippen LogP contribution in [0.3, 0.4) is 0 Å². The molecule has 2 saturated heterocycles. The number of hydrogen-bond acceptors (Lipinski definition) is 3. The number of benzene rings is 1. The third kappa shape index (κ3) is 3.68. The SMILES string of the molecule is CCN1CCN(C(=O)c2ccc(CN3CCCC3)cc2)CC1. The molecule has 4 nitrogen and oxygen atoms in total. The highest BCUT2D eigenvalue weighted by atomic mass is 16.2. The van der Waals surface area contributed by atoms with Gasteiger partial charge in [0.1, 0.15) is 0 Å². The Hall–Kier alpha value is -1.39. The number of likely N-dealkylation sites (N-methyl/N-ethyl adjacent to an activating group) is 1. The number of piperazine rings is 1. The zero-order chi connectivity index (χ0) is 15.4. The van der Waals surface area contributed by atoms with Gasteiger partial charge in [-0.3, -0.25) is 9.69 Å². The fourth-order valence-electron chi connectivity index (χ4n) is 3.40. The van der Waals surface area contributed by atoms with Crippen molar-refractivity contribution in [3.63, 3.8) is 0 Å². The standard InChI is InChI=1S/C18H27N3O/c1-2-19-11-13-21(14-12-19)18(22)17-7-5-16(6-8-17)15-20-9-3-4-10-20/h5-8H,2-4,9-15H2,1H3. The van der Waals surface area contributed by atoms with E-state index in [-0.39, 0.29) is 5.91 Å². The van der Waals surface area contributed by atoms with Crippen LogP contribution in [0, 0.1) is 0 Å². The number of carbonyl (C=O) groups is 1. The van der Waals surface area contributed by atoms with Gasteiger partial charge in [-0.05, 0) is 50.2 Å². The van der Waals surface area contributed by atoms with Crippen LogP contribution in [0.25, 0.3) is 0 Å². The fraction of sp³-hybridized carbons (Fsp3) is 0.611. The molecule has 4 heteroatoms. The summed E-state index contributed by atoms with van der Waals surface area (Å²) < 4.78 is 0. The van der Waals surface area contributed by atoms with Crippen molar-refractivity contribution in [3.05, 3.63) is 35.4 Å². The summed E-state index contributed by atoms with van der Waals surface area (Å²) in [5, 5.41) is 0. The Bertz CT molecular complexity index is 486. The maximum absolute atomic E-state index is 12.5. The van der Waals surface area contributed by atoms with Gasteiger partial charge >= 0.3 is 0 Å². The second-order valence-electron chi connectivity index (χ2n) is 6.41. The molecule has 0 unspecified atom stereocenters. The van der Waals surface area contributed by atoms with Gasteiger partial charge in [-0.2, -0.15) is 0 Å². The van der Waals surface area contributed by atoms with Gasteiger partial charge in [0.2, 0.25) is 0 Å². The molecule has 120 valence electrons. The first kappa shape index (κ1) is 15.5. The van der Waals surface area contributed by atoms with Gasteiger partial charge in [-0.1, -0.05) is 19.1 Å². The molecule has 0 atom stereocenters. The smallest absolute Gasteiger partial charge is 0.253 e. The molecule has 0 N–H and O–H groups in total. The number of rotatable bonds is 4. The molecule has 1 aromatic carbocycles. The van der Waals surface area contributed by atoms with Gasteiger partial charge in [0, 0.05) is 38.3 Å². The molecule has 2 aliphatic rings. The summed E-state index contributed by atoms with van der Waals surface area (Å²) in [7, 11) is 0. The van der Waals surface area contributed by atoms with Crippen molar-refractivity contribution in [3.8, 4) is 0 Å². The minimum atomic E-state index is 0.184. The molecule has 2 heterocycles. The maximum atomic E-state index is 12.5. The van der Waals surface area contributed by atoms with Crippen LogP contribution in [-0.4, -0.2) is 66.4 Å². The predicted octanol–water partition coefficient (Wildman–Crippen LogP) is 2.06. The van der Waals surface area contributed by atoms with Crippen molar-refractivity contribution < 1.29 is 4.79 Å². The normalized spacial score (nSPS) is 20.5. The van der Waals surface area contributed by atoms with E-state index in [4.69, 9.17) is 0 Å². The highest BCUT2D eigenvalue weighted by Crippen LogP contribution is 2.15. The second-order valence-corrected chi connectivity index (χ2v) is 6.41. The predicted molar refractivity (Wildman–Crippen MR) is 89.0 cm³/mol. The van der Waals surface area contributed by atoms with Gasteiger partial charge in [-0.25, -0.2) is 0 Å². The molecular formula is C18H27N3O. The third-order valence-corrected chi connectivity index (χ3v) is 4.91. The zero-order valence-electron chi connectivity index (χ0n) is 13.6. The summed E-state index contributed by atoms with van der Waals surface area (Å²) in [5.41, 5.74) is 2.14. The average Bonchev–Trinajstić information content (AvgIpc) is 3.08. The highest BCUT2D eigenvalue weighted by Gasteiger charge is 2.21. The number of amides is 1. The van der Waals surface area contributed by atoms with E-state index in [0.29, 0.717) is 0 Å². The number of likely N-dealkylation sites (tertiary alicyclic amines) is 1. The summed E-state index contributed by atoms with van der Waals surface area (Å²) in [6, 6.07) is 8.24. The third-order valence-electron chi connectivity index (χ3n) is 4.91. The van der Waals surface area contributed by atoms with Crippen molar-refractivity contribution in [2.45, 2.75) is 26.3 Å². The van der Waals surface area contributed by atoms with E-state index in [2.05, 4.69) is 28.9 Å². The molecule has 3 rings (SSSR count). The van der Waals surface area contributed by atoms with Crippen LogP contribution >= 0.6 is 0 Å². The van der Waals surface area contributed by atoms with Gasteiger partial charge < -0.3 is 9.80 Å². The maximum Gasteiger partial charge on any atom is 0.253 e. The largest absolute Gasteiger partial charge is 0.336 e. The van der Waals surface area contributed by atoms with E-state index in [9.17, 15) is 4.79 Å². The van der Waals surface area contributed by atoms with Crippen LogP contribution in [-0.2, 0) is 6.54 Å². The summed E-state index contributed by atoms with van der Waals surface area (Å²) >= 11 is 0. The molecule has 1 amide bonds. The minimum Gasteiger partial charge on any atom is -0.336 e. The van der Waals surface area contributed by atoms with E-state index in [1.807, 2.05) is 17.0 Å². The van der Waals surface area contributed by atoms with Crippen LogP contribution < -0.4 is 0 Å². The van der Waals surface area contributed by atoms with Crippen LogP contribution in [0.4, 0.5) is 0 Å². The molecule has 1 aromatic rings. The van der Waals surface area contributed by atoms with Crippen molar-refractivity contribution >= 4 is 5.91 Å². The summed E-state index contributed by atoms with van der Waals surface area (Å²) in [6.45, 7) is 10.4. The average molecular weight is 301 g/mol. The van der Waals surface area contributed by atoms with Gasteiger partial charge in [-0.15, -0.1) is 0 Å². The number of nitrogens with zero attached hydrogens (tertiary/aromatic N) is 3. The van der Waals surface area contributed by atoms with E-state index in [1.165, 1.54) is 31.5 Å². The Morgan fingerprint density at radius 2 is 1.55 bits per heavy atom. The summed E-state index contributed by atoms with van der Waals surface area (Å²) in [6.07, 6.45) is 2.64.